The zero-order valence-corrected chi connectivity index (χ0v) is 9.61. The molecule has 0 saturated carbocycles. The largest absolute Gasteiger partial charge is 0.330 e. The van der Waals surface area contributed by atoms with Crippen molar-refractivity contribution in [2.75, 3.05) is 20.6 Å². The van der Waals surface area contributed by atoms with Crippen molar-refractivity contribution in [1.82, 2.24) is 14.5 Å². The molecule has 0 amide bonds. The molecule has 15 heavy (non-hydrogen) atoms. The predicted molar refractivity (Wildman–Crippen MR) is 60.6 cm³/mol. The van der Waals surface area contributed by atoms with Gasteiger partial charge in [0.1, 0.15) is 0 Å². The van der Waals surface area contributed by atoms with Crippen molar-refractivity contribution in [3.8, 4) is 0 Å². The van der Waals surface area contributed by atoms with Crippen molar-refractivity contribution >= 4 is 0 Å². The Balaban J connectivity index is 2.25. The van der Waals surface area contributed by atoms with Crippen LogP contribution in [0, 0.1) is 0 Å². The van der Waals surface area contributed by atoms with E-state index in [1.165, 1.54) is 24.2 Å². The van der Waals surface area contributed by atoms with Crippen LogP contribution in [0.15, 0.2) is 6.33 Å². The fraction of sp³-hybridized carbons (Fsp3) is 0.727. The quantitative estimate of drug-likeness (QED) is 0.798. The fourth-order valence-corrected chi connectivity index (χ4v) is 2.32. The van der Waals surface area contributed by atoms with Gasteiger partial charge in [-0.3, -0.25) is 0 Å². The van der Waals surface area contributed by atoms with E-state index >= 15 is 0 Å². The van der Waals surface area contributed by atoms with Crippen LogP contribution in [-0.4, -0.2) is 35.1 Å². The highest BCUT2D eigenvalue weighted by molar-refractivity contribution is 5.16. The van der Waals surface area contributed by atoms with Gasteiger partial charge in [-0.05, 0) is 33.4 Å². The summed E-state index contributed by atoms with van der Waals surface area (Å²) in [4.78, 5) is 6.66. The minimum Gasteiger partial charge on any atom is -0.330 e. The number of rotatable bonds is 3. The summed E-state index contributed by atoms with van der Waals surface area (Å²) in [5.41, 5.74) is 8.38. The van der Waals surface area contributed by atoms with Crippen LogP contribution in [0.1, 0.15) is 30.3 Å². The lowest BCUT2D eigenvalue weighted by molar-refractivity contribution is 0.382. The van der Waals surface area contributed by atoms with Gasteiger partial charge in [-0.1, -0.05) is 0 Å². The third-order valence-corrected chi connectivity index (χ3v) is 3.07. The second-order valence-electron chi connectivity index (χ2n) is 4.56. The number of nitrogens with zero attached hydrogens (tertiary/aromatic N) is 3. The van der Waals surface area contributed by atoms with Crippen molar-refractivity contribution in [2.45, 2.75) is 31.8 Å². The second-order valence-corrected chi connectivity index (χ2v) is 4.56. The summed E-state index contributed by atoms with van der Waals surface area (Å²) in [6.07, 6.45) is 5.56. The summed E-state index contributed by atoms with van der Waals surface area (Å²) >= 11 is 0. The van der Waals surface area contributed by atoms with Crippen LogP contribution in [0.25, 0.3) is 0 Å². The van der Waals surface area contributed by atoms with E-state index in [9.17, 15) is 0 Å². The molecule has 1 unspecified atom stereocenters. The molecule has 1 atom stereocenters. The molecule has 0 saturated heterocycles. The topological polar surface area (TPSA) is 47.1 Å². The van der Waals surface area contributed by atoms with Gasteiger partial charge in [0.15, 0.2) is 0 Å². The Morgan fingerprint density at radius 2 is 2.40 bits per heavy atom. The molecule has 0 aliphatic carbocycles. The third kappa shape index (κ3) is 2.06. The highest BCUT2D eigenvalue weighted by atomic mass is 15.1. The van der Waals surface area contributed by atoms with E-state index in [2.05, 4.69) is 28.5 Å². The van der Waals surface area contributed by atoms with Crippen LogP contribution >= 0.6 is 0 Å². The molecule has 0 aromatic carbocycles. The number of fused-ring (bicyclic) bond motifs is 1. The lowest BCUT2D eigenvalue weighted by Crippen LogP contribution is -2.25. The van der Waals surface area contributed by atoms with Gasteiger partial charge >= 0.3 is 0 Å². The molecular formula is C11H20N4. The van der Waals surface area contributed by atoms with Crippen molar-refractivity contribution in [2.24, 2.45) is 5.73 Å². The number of aromatic nitrogens is 2. The molecule has 4 heteroatoms. The molecule has 84 valence electrons. The Bertz CT molecular complexity index is 329. The Hall–Kier alpha value is -0.870. The van der Waals surface area contributed by atoms with E-state index in [0.717, 1.165) is 19.5 Å². The normalized spacial score (nSPS) is 20.7. The molecule has 0 spiro atoms. The Kier molecular flexibility index (Phi) is 3.07. The molecule has 0 radical (unpaired) electrons. The average molecular weight is 208 g/mol. The summed E-state index contributed by atoms with van der Waals surface area (Å²) in [6, 6.07) is 0.470. The zero-order chi connectivity index (χ0) is 10.8. The van der Waals surface area contributed by atoms with Crippen LogP contribution in [-0.2, 0) is 13.0 Å². The van der Waals surface area contributed by atoms with Crippen LogP contribution in [0.3, 0.4) is 0 Å². The average Bonchev–Trinajstić information content (AvgIpc) is 2.61. The van der Waals surface area contributed by atoms with Crippen molar-refractivity contribution < 1.29 is 0 Å². The fourth-order valence-electron chi connectivity index (χ4n) is 2.32. The maximum atomic E-state index is 5.77. The Morgan fingerprint density at radius 1 is 1.60 bits per heavy atom. The van der Waals surface area contributed by atoms with E-state index in [1.54, 1.807) is 0 Å². The van der Waals surface area contributed by atoms with E-state index in [0.29, 0.717) is 6.04 Å². The van der Waals surface area contributed by atoms with Gasteiger partial charge in [0, 0.05) is 24.8 Å². The third-order valence-electron chi connectivity index (χ3n) is 3.07. The number of hydrogen-bond donors (Lipinski definition) is 1. The minimum atomic E-state index is 0.470. The van der Waals surface area contributed by atoms with Crippen LogP contribution in [0.4, 0.5) is 0 Å². The van der Waals surface area contributed by atoms with Crippen LogP contribution in [0.2, 0.25) is 0 Å². The number of nitrogens with two attached hydrogens (primary N) is 1. The summed E-state index contributed by atoms with van der Waals surface area (Å²) in [5.74, 6) is 0. The van der Waals surface area contributed by atoms with Gasteiger partial charge in [0.2, 0.25) is 0 Å². The predicted octanol–water partition coefficient (Wildman–Crippen LogP) is 0.781. The monoisotopic (exact) mass is 208 g/mol. The summed E-state index contributed by atoms with van der Waals surface area (Å²) in [5, 5.41) is 0. The maximum Gasteiger partial charge on any atom is 0.0955 e. The number of imidazole rings is 1. The zero-order valence-electron chi connectivity index (χ0n) is 9.61. The highest BCUT2D eigenvalue weighted by Crippen LogP contribution is 2.26. The first kappa shape index (κ1) is 10.6. The smallest absolute Gasteiger partial charge is 0.0955 e. The standard InChI is InChI=1S/C11H20N4/c1-14(2)7-10-11-5-3-4-9(6-12)15(11)8-13-10/h8-9H,3-7,12H2,1-2H3. The van der Waals surface area contributed by atoms with Crippen LogP contribution in [0.5, 0.6) is 0 Å². The SMILES string of the molecule is CN(C)Cc1ncn2c1CCCC2CN. The van der Waals surface area contributed by atoms with Gasteiger partial charge < -0.3 is 15.2 Å². The molecule has 4 nitrogen and oxygen atoms in total. The number of hydrogen-bond acceptors (Lipinski definition) is 3. The Morgan fingerprint density at radius 3 is 3.07 bits per heavy atom. The summed E-state index contributed by atoms with van der Waals surface area (Å²) in [7, 11) is 4.16. The van der Waals surface area contributed by atoms with E-state index < -0.39 is 0 Å². The van der Waals surface area contributed by atoms with E-state index in [-0.39, 0.29) is 0 Å². The molecule has 1 aliphatic rings. The molecule has 0 fully saturated rings. The van der Waals surface area contributed by atoms with Crippen molar-refractivity contribution in [1.29, 1.82) is 0 Å². The van der Waals surface area contributed by atoms with Crippen molar-refractivity contribution in [3.63, 3.8) is 0 Å². The van der Waals surface area contributed by atoms with Gasteiger partial charge in [-0.25, -0.2) is 4.98 Å². The second kappa shape index (κ2) is 4.33. The van der Waals surface area contributed by atoms with E-state index in [4.69, 9.17) is 5.73 Å². The lowest BCUT2D eigenvalue weighted by atomic mass is 10.0. The lowest BCUT2D eigenvalue weighted by Gasteiger charge is -2.25. The first-order valence-corrected chi connectivity index (χ1v) is 5.61. The van der Waals surface area contributed by atoms with Gasteiger partial charge in [-0.2, -0.15) is 0 Å². The minimum absolute atomic E-state index is 0.470. The van der Waals surface area contributed by atoms with Crippen LogP contribution < -0.4 is 5.73 Å². The molecule has 2 heterocycles. The summed E-state index contributed by atoms with van der Waals surface area (Å²) in [6.45, 7) is 1.66. The molecule has 2 N–H and O–H groups in total. The molecular weight excluding hydrogens is 188 g/mol. The molecule has 1 aliphatic heterocycles. The molecule has 2 rings (SSSR count). The Labute approximate surface area is 91.1 Å². The summed E-state index contributed by atoms with van der Waals surface area (Å²) < 4.78 is 2.28. The van der Waals surface area contributed by atoms with E-state index in [1.807, 2.05) is 6.33 Å². The molecule has 1 aromatic rings. The van der Waals surface area contributed by atoms with Gasteiger partial charge in [-0.15, -0.1) is 0 Å². The highest BCUT2D eigenvalue weighted by Gasteiger charge is 2.21. The van der Waals surface area contributed by atoms with Gasteiger partial charge in [0.05, 0.1) is 12.0 Å². The molecule has 0 bridgehead atoms. The first-order valence-electron chi connectivity index (χ1n) is 5.61. The van der Waals surface area contributed by atoms with Crippen molar-refractivity contribution in [3.05, 3.63) is 17.7 Å². The first-order chi connectivity index (χ1) is 7.22. The maximum absolute atomic E-state index is 5.77. The van der Waals surface area contributed by atoms with Gasteiger partial charge in [0.25, 0.3) is 0 Å². The molecule has 1 aromatic heterocycles.